The molecule has 16 heavy (non-hydrogen) atoms. The molecule has 0 spiro atoms. The lowest BCUT2D eigenvalue weighted by molar-refractivity contribution is -0.144. The van der Waals surface area contributed by atoms with Gasteiger partial charge in [-0.25, -0.2) is 0 Å². The van der Waals surface area contributed by atoms with Crippen LogP contribution in [-0.2, 0) is 4.79 Å². The van der Waals surface area contributed by atoms with E-state index in [0.29, 0.717) is 6.04 Å². The van der Waals surface area contributed by atoms with Crippen LogP contribution in [0.4, 0.5) is 0 Å². The maximum Gasteiger partial charge on any atom is 0.306 e. The highest BCUT2D eigenvalue weighted by Gasteiger charge is 2.25. The Bertz CT molecular complexity index is 209. The normalized spacial score (nSPS) is 15.8. The molecule has 98 valence electrons. The second-order valence-electron chi connectivity index (χ2n) is 6.58. The lowest BCUT2D eigenvalue weighted by Gasteiger charge is -2.22. The van der Waals surface area contributed by atoms with Gasteiger partial charge in [0.2, 0.25) is 0 Å². The topological polar surface area (TPSA) is 63.3 Å². The second-order valence-corrected chi connectivity index (χ2v) is 6.58. The van der Waals surface area contributed by atoms with E-state index in [1.165, 1.54) is 0 Å². The third-order valence-electron chi connectivity index (χ3n) is 3.04. The zero-order valence-corrected chi connectivity index (χ0v) is 12.1. The Morgan fingerprint density at radius 1 is 1.00 bits per heavy atom. The monoisotopic (exact) mass is 231 g/mol. The van der Waals surface area contributed by atoms with E-state index in [0.717, 1.165) is 0 Å². The largest absolute Gasteiger partial charge is 0.481 e. The summed E-state index contributed by atoms with van der Waals surface area (Å²) < 4.78 is 0. The van der Waals surface area contributed by atoms with Crippen molar-refractivity contribution in [2.75, 3.05) is 0 Å². The van der Waals surface area contributed by atoms with E-state index in [2.05, 4.69) is 20.8 Å². The minimum absolute atomic E-state index is 0.119. The van der Waals surface area contributed by atoms with Gasteiger partial charge in [0.25, 0.3) is 0 Å². The number of aliphatic carboxylic acids is 1. The van der Waals surface area contributed by atoms with Crippen molar-refractivity contribution in [2.24, 2.45) is 22.5 Å². The molecule has 0 aromatic rings. The number of nitrogens with two attached hydrogens (primary N) is 1. The maximum atomic E-state index is 10.3. The Hall–Kier alpha value is -0.570. The van der Waals surface area contributed by atoms with Crippen LogP contribution in [0.15, 0.2) is 0 Å². The molecule has 0 aliphatic heterocycles. The van der Waals surface area contributed by atoms with Gasteiger partial charge in [0.05, 0.1) is 5.92 Å². The van der Waals surface area contributed by atoms with Crippen molar-refractivity contribution < 1.29 is 9.90 Å². The third kappa shape index (κ3) is 8.72. The fraction of sp³-hybridized carbons (Fsp3) is 0.923. The molecule has 0 rings (SSSR count). The van der Waals surface area contributed by atoms with E-state index in [1.807, 2.05) is 27.7 Å². The van der Waals surface area contributed by atoms with Gasteiger partial charge in [0.15, 0.2) is 0 Å². The summed E-state index contributed by atoms with van der Waals surface area (Å²) in [6, 6.07) is 0.299. The van der Waals surface area contributed by atoms with E-state index < -0.39 is 5.97 Å². The molecular formula is C13H29NO2. The van der Waals surface area contributed by atoms with Gasteiger partial charge in [-0.2, -0.15) is 0 Å². The minimum Gasteiger partial charge on any atom is -0.481 e. The number of carboxylic acids is 1. The molecule has 0 saturated heterocycles. The molecular weight excluding hydrogens is 202 g/mol. The Morgan fingerprint density at radius 2 is 1.25 bits per heavy atom. The van der Waals surface area contributed by atoms with E-state index in [4.69, 9.17) is 10.8 Å². The summed E-state index contributed by atoms with van der Waals surface area (Å²) in [7, 11) is 0. The van der Waals surface area contributed by atoms with Gasteiger partial charge in [-0.05, 0) is 17.8 Å². The molecule has 3 heteroatoms. The second kappa shape index (κ2) is 6.24. The summed E-state index contributed by atoms with van der Waals surface area (Å²) in [5.74, 6) is -0.986. The lowest BCUT2D eigenvalue weighted by atomic mass is 9.82. The van der Waals surface area contributed by atoms with Crippen molar-refractivity contribution in [1.29, 1.82) is 0 Å². The molecule has 2 atom stereocenters. The van der Waals surface area contributed by atoms with E-state index >= 15 is 0 Å². The molecule has 0 bridgehead atoms. The molecule has 0 amide bonds. The van der Waals surface area contributed by atoms with Gasteiger partial charge >= 0.3 is 5.97 Å². The Kier molecular flexibility index (Phi) is 6.94. The van der Waals surface area contributed by atoms with Crippen molar-refractivity contribution in [2.45, 2.75) is 61.4 Å². The summed E-state index contributed by atoms with van der Waals surface area (Å²) in [5.41, 5.74) is 5.73. The van der Waals surface area contributed by atoms with Gasteiger partial charge in [0, 0.05) is 6.04 Å². The van der Waals surface area contributed by atoms with Crippen LogP contribution < -0.4 is 5.73 Å². The first kappa shape index (κ1) is 17.8. The van der Waals surface area contributed by atoms with Crippen LogP contribution in [0.3, 0.4) is 0 Å². The molecule has 0 fully saturated rings. The van der Waals surface area contributed by atoms with Crippen LogP contribution in [0.25, 0.3) is 0 Å². The van der Waals surface area contributed by atoms with Crippen LogP contribution in [0, 0.1) is 16.7 Å². The van der Waals surface area contributed by atoms with Crippen molar-refractivity contribution >= 4 is 5.97 Å². The highest BCUT2D eigenvalue weighted by molar-refractivity contribution is 5.70. The number of carbonyl (C=O) groups is 1. The molecule has 2 unspecified atom stereocenters. The smallest absolute Gasteiger partial charge is 0.306 e. The lowest BCUT2D eigenvalue weighted by Crippen LogP contribution is -2.31. The van der Waals surface area contributed by atoms with Crippen LogP contribution in [0.2, 0.25) is 0 Å². The van der Waals surface area contributed by atoms with E-state index in [-0.39, 0.29) is 16.7 Å². The Balaban J connectivity index is 0. The minimum atomic E-state index is -0.720. The van der Waals surface area contributed by atoms with Crippen LogP contribution >= 0.6 is 0 Å². The van der Waals surface area contributed by atoms with Gasteiger partial charge < -0.3 is 10.8 Å². The molecule has 0 aromatic carbocycles. The fourth-order valence-electron chi connectivity index (χ4n) is 0.370. The summed E-state index contributed by atoms with van der Waals surface area (Å²) in [4.78, 5) is 10.3. The van der Waals surface area contributed by atoms with Gasteiger partial charge in [-0.1, -0.05) is 48.5 Å². The molecule has 0 saturated carbocycles. The molecule has 0 radical (unpaired) electrons. The Labute approximate surface area is 100 Å². The summed E-state index contributed by atoms with van der Waals surface area (Å²) in [5, 5.41) is 8.52. The summed E-state index contributed by atoms with van der Waals surface area (Å²) >= 11 is 0. The summed E-state index contributed by atoms with van der Waals surface area (Å²) in [6.45, 7) is 15.9. The number of rotatable bonds is 1. The Morgan fingerprint density at radius 3 is 1.25 bits per heavy atom. The van der Waals surface area contributed by atoms with Crippen molar-refractivity contribution in [3.63, 3.8) is 0 Å². The predicted octanol–water partition coefficient (Wildman–Crippen LogP) is 3.13. The molecule has 0 aliphatic rings. The van der Waals surface area contributed by atoms with Crippen molar-refractivity contribution in [3.05, 3.63) is 0 Å². The predicted molar refractivity (Wildman–Crippen MR) is 69.4 cm³/mol. The molecule has 0 aliphatic carbocycles. The number of hydrogen-bond acceptors (Lipinski definition) is 2. The first-order chi connectivity index (χ1) is 6.80. The van der Waals surface area contributed by atoms with Crippen LogP contribution in [0.1, 0.15) is 55.4 Å². The van der Waals surface area contributed by atoms with Gasteiger partial charge in [-0.3, -0.25) is 4.79 Å². The number of carboxylic acid groups (broad SMARTS) is 1. The average molecular weight is 231 g/mol. The molecule has 3 nitrogen and oxygen atoms in total. The number of hydrogen-bond donors (Lipinski definition) is 2. The van der Waals surface area contributed by atoms with E-state index in [9.17, 15) is 4.79 Å². The quantitative estimate of drug-likeness (QED) is 0.728. The molecule has 0 aromatic heterocycles. The average Bonchev–Trinajstić information content (AvgIpc) is 2.00. The summed E-state index contributed by atoms with van der Waals surface area (Å²) in [6.07, 6.45) is 0. The maximum absolute atomic E-state index is 10.3. The highest BCUT2D eigenvalue weighted by Crippen LogP contribution is 2.24. The van der Waals surface area contributed by atoms with Crippen LogP contribution in [-0.4, -0.2) is 17.1 Å². The first-order valence-electron chi connectivity index (χ1n) is 5.78. The standard InChI is InChI=1S/C7H14O2.C6H15N/c1-5(6(8)9)7(2,3)4;1-5(7)6(2,3)4/h5H,1-4H3,(H,8,9);5H,7H2,1-4H3. The van der Waals surface area contributed by atoms with Crippen LogP contribution in [0.5, 0.6) is 0 Å². The third-order valence-corrected chi connectivity index (χ3v) is 3.04. The highest BCUT2D eigenvalue weighted by atomic mass is 16.4. The fourth-order valence-corrected chi connectivity index (χ4v) is 0.370. The first-order valence-corrected chi connectivity index (χ1v) is 5.78. The zero-order chi connectivity index (χ0) is 13.7. The van der Waals surface area contributed by atoms with Gasteiger partial charge in [0.1, 0.15) is 0 Å². The zero-order valence-electron chi connectivity index (χ0n) is 12.1. The molecule has 0 heterocycles. The van der Waals surface area contributed by atoms with Crippen molar-refractivity contribution in [1.82, 2.24) is 0 Å². The SMILES string of the molecule is CC(C(=O)O)C(C)(C)C.CC(N)C(C)(C)C. The van der Waals surface area contributed by atoms with E-state index in [1.54, 1.807) is 6.92 Å². The molecule has 3 N–H and O–H groups in total. The van der Waals surface area contributed by atoms with Gasteiger partial charge in [-0.15, -0.1) is 0 Å². The van der Waals surface area contributed by atoms with Crippen molar-refractivity contribution in [3.8, 4) is 0 Å².